The molecule has 0 fully saturated rings. The highest BCUT2D eigenvalue weighted by Crippen LogP contribution is 2.27. The average molecular weight is 416 g/mol. The van der Waals surface area contributed by atoms with Gasteiger partial charge in [0.15, 0.2) is 0 Å². The van der Waals surface area contributed by atoms with Crippen LogP contribution in [0, 0.1) is 5.82 Å². The second-order valence-corrected chi connectivity index (χ2v) is 7.26. The van der Waals surface area contributed by atoms with Crippen LogP contribution in [0.4, 0.5) is 4.39 Å². The molecule has 0 amide bonds. The molecular weight excluding hydrogens is 391 g/mol. The molecule has 1 aromatic heterocycles. The van der Waals surface area contributed by atoms with E-state index in [9.17, 15) is 19.4 Å². The number of rotatable bonds is 9. The minimum atomic E-state index is -0.778. The van der Waals surface area contributed by atoms with Gasteiger partial charge < -0.3 is 20.1 Å². The Morgan fingerprint density at radius 1 is 1.27 bits per heavy atom. The Morgan fingerprint density at radius 3 is 2.63 bits per heavy atom. The fourth-order valence-corrected chi connectivity index (χ4v) is 3.60. The molecular formula is C22H25FN2O5. The lowest BCUT2D eigenvalue weighted by molar-refractivity contribution is -0.119. The summed E-state index contributed by atoms with van der Waals surface area (Å²) in [5.74, 6) is -0.624. The van der Waals surface area contributed by atoms with E-state index in [1.165, 1.54) is 12.1 Å². The number of aliphatic hydroxyl groups is 3. The van der Waals surface area contributed by atoms with Gasteiger partial charge in [0, 0.05) is 24.5 Å². The standard InChI is InChI=1S/C22H25FN2O5/c1-13(28)19(14-2-4-16(23)5-3-14)10-18(29)9-17-8-15-11-24-22(30-7-6-26)21(15)20(12-27)25-17/h2-5,8,13,19,26-28H,6-7,9-12H2,1H3/t13-,19-/m1/s1. The van der Waals surface area contributed by atoms with Gasteiger partial charge in [-0.1, -0.05) is 12.1 Å². The zero-order valence-corrected chi connectivity index (χ0v) is 16.7. The molecule has 1 aliphatic rings. The zero-order valence-electron chi connectivity index (χ0n) is 16.7. The summed E-state index contributed by atoms with van der Waals surface area (Å²) in [7, 11) is 0. The summed E-state index contributed by atoms with van der Waals surface area (Å²) < 4.78 is 18.6. The van der Waals surface area contributed by atoms with E-state index in [0.717, 1.165) is 5.56 Å². The molecule has 7 nitrogen and oxygen atoms in total. The molecule has 160 valence electrons. The molecule has 0 saturated heterocycles. The van der Waals surface area contributed by atoms with Gasteiger partial charge in [0.05, 0.1) is 37.1 Å². The molecule has 3 rings (SSSR count). The lowest BCUT2D eigenvalue weighted by atomic mass is 9.88. The van der Waals surface area contributed by atoms with Crippen molar-refractivity contribution >= 4 is 11.7 Å². The molecule has 8 heteroatoms. The minimum absolute atomic E-state index is 0.0392. The smallest absolute Gasteiger partial charge is 0.218 e. The summed E-state index contributed by atoms with van der Waals surface area (Å²) in [5, 5.41) is 28.8. The average Bonchev–Trinajstić information content (AvgIpc) is 3.13. The molecule has 3 N–H and O–H groups in total. The Labute approximate surface area is 173 Å². The van der Waals surface area contributed by atoms with Crippen molar-refractivity contribution in [3.05, 3.63) is 64.2 Å². The van der Waals surface area contributed by atoms with Crippen molar-refractivity contribution in [2.75, 3.05) is 13.2 Å². The van der Waals surface area contributed by atoms with Gasteiger partial charge in [-0.15, -0.1) is 0 Å². The van der Waals surface area contributed by atoms with Crippen LogP contribution in [-0.4, -0.2) is 51.3 Å². The van der Waals surface area contributed by atoms with E-state index < -0.39 is 12.0 Å². The van der Waals surface area contributed by atoms with Crippen molar-refractivity contribution in [3.8, 4) is 0 Å². The van der Waals surface area contributed by atoms with Crippen LogP contribution in [0.2, 0.25) is 0 Å². The van der Waals surface area contributed by atoms with E-state index >= 15 is 0 Å². The molecule has 0 saturated carbocycles. The Morgan fingerprint density at radius 2 is 2.00 bits per heavy atom. The number of halogens is 1. The van der Waals surface area contributed by atoms with E-state index in [2.05, 4.69) is 9.98 Å². The fraction of sp³-hybridized carbons (Fsp3) is 0.409. The number of nitrogens with zero attached hydrogens (tertiary/aromatic N) is 2. The quantitative estimate of drug-likeness (QED) is 0.573. The summed E-state index contributed by atoms with van der Waals surface area (Å²) in [5.41, 5.74) is 2.97. The highest BCUT2D eigenvalue weighted by Gasteiger charge is 2.25. The monoisotopic (exact) mass is 416 g/mol. The first-order valence-corrected chi connectivity index (χ1v) is 9.79. The van der Waals surface area contributed by atoms with Gasteiger partial charge in [-0.25, -0.2) is 9.38 Å². The third-order valence-electron chi connectivity index (χ3n) is 5.02. The fourth-order valence-electron chi connectivity index (χ4n) is 3.60. The number of ether oxygens (including phenoxy) is 1. The van der Waals surface area contributed by atoms with Crippen molar-refractivity contribution in [1.29, 1.82) is 0 Å². The molecule has 0 radical (unpaired) electrons. The highest BCUT2D eigenvalue weighted by molar-refractivity contribution is 5.98. The van der Waals surface area contributed by atoms with Gasteiger partial charge in [-0.2, -0.15) is 0 Å². The largest absolute Gasteiger partial charge is 0.475 e. The van der Waals surface area contributed by atoms with Crippen molar-refractivity contribution in [2.45, 2.75) is 44.9 Å². The first-order chi connectivity index (χ1) is 14.4. The number of carbonyl (C=O) groups excluding carboxylic acids is 1. The number of ketones is 1. The van der Waals surface area contributed by atoms with Crippen LogP contribution in [-0.2, 0) is 29.1 Å². The number of benzene rings is 1. The molecule has 0 spiro atoms. The summed E-state index contributed by atoms with van der Waals surface area (Å²) in [6.07, 6.45) is -0.657. The number of aliphatic imine (C=N–C) groups is 1. The topological polar surface area (TPSA) is 112 Å². The normalized spacial score (nSPS) is 14.8. The minimum Gasteiger partial charge on any atom is -0.475 e. The van der Waals surface area contributed by atoms with Crippen LogP contribution in [0.5, 0.6) is 0 Å². The second-order valence-electron chi connectivity index (χ2n) is 7.26. The number of pyridine rings is 1. The molecule has 0 unspecified atom stereocenters. The van der Waals surface area contributed by atoms with E-state index in [0.29, 0.717) is 35.0 Å². The molecule has 0 bridgehead atoms. The number of Topliss-reactive ketones (excluding diaryl/α,β-unsaturated/α-hetero) is 1. The van der Waals surface area contributed by atoms with Gasteiger partial charge >= 0.3 is 0 Å². The van der Waals surface area contributed by atoms with E-state index in [1.54, 1.807) is 25.1 Å². The maximum absolute atomic E-state index is 13.2. The van der Waals surface area contributed by atoms with Crippen LogP contribution < -0.4 is 0 Å². The van der Waals surface area contributed by atoms with Crippen molar-refractivity contribution < 1.29 is 29.2 Å². The number of hydrogen-bond acceptors (Lipinski definition) is 7. The molecule has 2 aromatic rings. The van der Waals surface area contributed by atoms with Gasteiger partial charge in [0.25, 0.3) is 0 Å². The molecule has 30 heavy (non-hydrogen) atoms. The first-order valence-electron chi connectivity index (χ1n) is 9.79. The van der Waals surface area contributed by atoms with E-state index in [1.807, 2.05) is 0 Å². The van der Waals surface area contributed by atoms with Crippen molar-refractivity contribution in [2.24, 2.45) is 4.99 Å². The maximum atomic E-state index is 13.2. The summed E-state index contributed by atoms with van der Waals surface area (Å²) in [6.45, 7) is 1.55. The van der Waals surface area contributed by atoms with Gasteiger partial charge in [-0.05, 0) is 36.2 Å². The zero-order chi connectivity index (χ0) is 21.7. The summed E-state index contributed by atoms with van der Waals surface area (Å²) >= 11 is 0. The summed E-state index contributed by atoms with van der Waals surface area (Å²) in [6, 6.07) is 7.52. The van der Waals surface area contributed by atoms with Crippen LogP contribution in [0.1, 0.15) is 47.3 Å². The number of fused-ring (bicyclic) bond motifs is 1. The Balaban J connectivity index is 1.74. The predicted molar refractivity (Wildman–Crippen MR) is 108 cm³/mol. The molecule has 1 aromatic carbocycles. The Hall–Kier alpha value is -2.68. The third kappa shape index (κ3) is 5.08. The third-order valence-corrected chi connectivity index (χ3v) is 5.02. The lowest BCUT2D eigenvalue weighted by Crippen LogP contribution is -2.20. The Kier molecular flexibility index (Phi) is 7.25. The van der Waals surface area contributed by atoms with Crippen molar-refractivity contribution in [1.82, 2.24) is 4.98 Å². The first kappa shape index (κ1) is 22.0. The second kappa shape index (κ2) is 9.88. The molecule has 2 atom stereocenters. The Bertz CT molecular complexity index is 928. The SMILES string of the molecule is C[C@@H](O)[C@@H](CC(=O)Cc1cc2c(c(CO)n1)C(OCCO)=NC2)c1ccc(F)cc1. The van der Waals surface area contributed by atoms with Gasteiger partial charge in [0.1, 0.15) is 18.2 Å². The lowest BCUT2D eigenvalue weighted by Gasteiger charge is -2.20. The van der Waals surface area contributed by atoms with Crippen molar-refractivity contribution in [3.63, 3.8) is 0 Å². The van der Waals surface area contributed by atoms with E-state index in [4.69, 9.17) is 9.84 Å². The number of carbonyl (C=O) groups is 1. The number of aliphatic hydroxyl groups excluding tert-OH is 3. The molecule has 0 aliphatic carbocycles. The van der Waals surface area contributed by atoms with Crippen LogP contribution in [0.3, 0.4) is 0 Å². The van der Waals surface area contributed by atoms with Gasteiger partial charge in [-0.3, -0.25) is 9.78 Å². The molecule has 1 aliphatic heterocycles. The van der Waals surface area contributed by atoms with E-state index in [-0.39, 0.29) is 44.3 Å². The summed E-state index contributed by atoms with van der Waals surface area (Å²) in [4.78, 5) is 21.4. The predicted octanol–water partition coefficient (Wildman–Crippen LogP) is 1.65. The number of aromatic nitrogens is 1. The molecule has 2 heterocycles. The number of hydrogen-bond donors (Lipinski definition) is 3. The van der Waals surface area contributed by atoms with Crippen LogP contribution in [0.15, 0.2) is 35.3 Å². The van der Waals surface area contributed by atoms with Crippen LogP contribution in [0.25, 0.3) is 0 Å². The van der Waals surface area contributed by atoms with Gasteiger partial charge in [0.2, 0.25) is 5.90 Å². The highest BCUT2D eigenvalue weighted by atomic mass is 19.1. The maximum Gasteiger partial charge on any atom is 0.218 e. The van der Waals surface area contributed by atoms with Crippen LogP contribution >= 0.6 is 0 Å².